The van der Waals surface area contributed by atoms with Crippen LogP contribution in [0, 0.1) is 5.41 Å². The predicted octanol–water partition coefficient (Wildman–Crippen LogP) is 3.01. The molecule has 0 N–H and O–H groups in total. The Morgan fingerprint density at radius 1 is 1.08 bits per heavy atom. The number of nitrogens with zero attached hydrogens (tertiary/aromatic N) is 2. The van der Waals surface area contributed by atoms with E-state index < -0.39 is 6.61 Å². The van der Waals surface area contributed by atoms with E-state index in [4.69, 9.17) is 0 Å². The van der Waals surface area contributed by atoms with Gasteiger partial charge in [0.1, 0.15) is 5.75 Å². The Bertz CT molecular complexity index is 621. The SMILES string of the molecule is CC(C)(C)CC(=O)N1CCN(C(=O)c2ccccc2OC(F)F)CC1. The maximum absolute atomic E-state index is 12.6. The Kier molecular flexibility index (Phi) is 5.98. The highest BCUT2D eigenvalue weighted by Gasteiger charge is 2.28. The van der Waals surface area contributed by atoms with Gasteiger partial charge in [0.15, 0.2) is 0 Å². The third-order valence-electron chi connectivity index (χ3n) is 3.93. The second-order valence-corrected chi connectivity index (χ2v) is 7.29. The Hall–Kier alpha value is -2.18. The van der Waals surface area contributed by atoms with Gasteiger partial charge in [-0.15, -0.1) is 0 Å². The van der Waals surface area contributed by atoms with E-state index in [9.17, 15) is 18.4 Å². The molecule has 2 rings (SSSR count). The molecule has 138 valence electrons. The number of hydrogen-bond donors (Lipinski definition) is 0. The molecule has 1 aromatic carbocycles. The van der Waals surface area contributed by atoms with Crippen molar-refractivity contribution in [1.82, 2.24) is 9.80 Å². The molecule has 1 heterocycles. The van der Waals surface area contributed by atoms with Crippen molar-refractivity contribution in [2.45, 2.75) is 33.8 Å². The molecule has 0 aliphatic carbocycles. The van der Waals surface area contributed by atoms with Gasteiger partial charge in [-0.25, -0.2) is 0 Å². The first-order valence-corrected chi connectivity index (χ1v) is 8.28. The summed E-state index contributed by atoms with van der Waals surface area (Å²) in [5.41, 5.74) is 0.0209. The smallest absolute Gasteiger partial charge is 0.387 e. The van der Waals surface area contributed by atoms with Crippen LogP contribution in [0.15, 0.2) is 24.3 Å². The van der Waals surface area contributed by atoms with Crippen LogP contribution in [0.1, 0.15) is 37.6 Å². The van der Waals surface area contributed by atoms with Crippen LogP contribution < -0.4 is 4.74 Å². The first-order chi connectivity index (χ1) is 11.7. The van der Waals surface area contributed by atoms with Crippen LogP contribution in [-0.2, 0) is 4.79 Å². The summed E-state index contributed by atoms with van der Waals surface area (Å²) in [5.74, 6) is -0.422. The Balaban J connectivity index is 1.99. The number of benzene rings is 1. The minimum Gasteiger partial charge on any atom is -0.434 e. The number of carbonyl (C=O) groups excluding carboxylic acids is 2. The average molecular weight is 354 g/mol. The standard InChI is InChI=1S/C18H24F2N2O3/c1-18(2,3)12-15(23)21-8-10-22(11-9-21)16(24)13-6-4-5-7-14(13)25-17(19)20/h4-7,17H,8-12H2,1-3H3. The number of amides is 2. The van der Waals surface area contributed by atoms with Gasteiger partial charge in [0.2, 0.25) is 5.91 Å². The first kappa shape index (κ1) is 19.1. The molecule has 1 aliphatic heterocycles. The van der Waals surface area contributed by atoms with E-state index in [1.54, 1.807) is 15.9 Å². The third kappa shape index (κ3) is 5.41. The molecule has 2 amide bonds. The number of carbonyl (C=O) groups is 2. The molecule has 0 aromatic heterocycles. The molecular weight excluding hydrogens is 330 g/mol. The quantitative estimate of drug-likeness (QED) is 0.835. The molecule has 5 nitrogen and oxygen atoms in total. The lowest BCUT2D eigenvalue weighted by Crippen LogP contribution is -2.51. The summed E-state index contributed by atoms with van der Waals surface area (Å²) in [6.45, 7) is 4.66. The summed E-state index contributed by atoms with van der Waals surface area (Å²) in [6.07, 6.45) is 0.450. The van der Waals surface area contributed by atoms with Crippen LogP contribution in [-0.4, -0.2) is 54.4 Å². The lowest BCUT2D eigenvalue weighted by molar-refractivity contribution is -0.134. The zero-order valence-electron chi connectivity index (χ0n) is 14.8. The fraction of sp³-hybridized carbons (Fsp3) is 0.556. The Morgan fingerprint density at radius 3 is 2.20 bits per heavy atom. The van der Waals surface area contributed by atoms with E-state index >= 15 is 0 Å². The predicted molar refractivity (Wildman–Crippen MR) is 89.6 cm³/mol. The summed E-state index contributed by atoms with van der Waals surface area (Å²) in [6, 6.07) is 5.96. The monoisotopic (exact) mass is 354 g/mol. The molecule has 0 bridgehead atoms. The van der Waals surface area contributed by atoms with Crippen molar-refractivity contribution < 1.29 is 23.1 Å². The summed E-state index contributed by atoms with van der Waals surface area (Å²) in [4.78, 5) is 28.2. The maximum Gasteiger partial charge on any atom is 0.387 e. The van der Waals surface area contributed by atoms with E-state index in [0.29, 0.717) is 32.6 Å². The van der Waals surface area contributed by atoms with E-state index in [1.165, 1.54) is 18.2 Å². The highest BCUT2D eigenvalue weighted by atomic mass is 19.3. The molecule has 25 heavy (non-hydrogen) atoms. The van der Waals surface area contributed by atoms with Crippen LogP contribution in [0.25, 0.3) is 0 Å². The van der Waals surface area contributed by atoms with Gasteiger partial charge < -0.3 is 14.5 Å². The number of alkyl halides is 2. The van der Waals surface area contributed by atoms with Crippen molar-refractivity contribution in [3.63, 3.8) is 0 Å². The second kappa shape index (κ2) is 7.80. The number of hydrogen-bond acceptors (Lipinski definition) is 3. The summed E-state index contributed by atoms with van der Waals surface area (Å²) in [5, 5.41) is 0. The molecule has 7 heteroatoms. The van der Waals surface area contributed by atoms with Gasteiger partial charge in [-0.05, 0) is 17.5 Å². The molecule has 0 unspecified atom stereocenters. The van der Waals surface area contributed by atoms with Crippen molar-refractivity contribution in [2.75, 3.05) is 26.2 Å². The van der Waals surface area contributed by atoms with Gasteiger partial charge in [0.05, 0.1) is 5.56 Å². The fourth-order valence-corrected chi connectivity index (χ4v) is 2.74. The first-order valence-electron chi connectivity index (χ1n) is 8.28. The van der Waals surface area contributed by atoms with Crippen molar-refractivity contribution in [1.29, 1.82) is 0 Å². The van der Waals surface area contributed by atoms with Crippen LogP contribution in [0.4, 0.5) is 8.78 Å². The zero-order chi connectivity index (χ0) is 18.6. The van der Waals surface area contributed by atoms with Crippen LogP contribution >= 0.6 is 0 Å². The largest absolute Gasteiger partial charge is 0.434 e. The minimum atomic E-state index is -2.99. The molecular formula is C18H24F2N2O3. The second-order valence-electron chi connectivity index (χ2n) is 7.29. The Morgan fingerprint density at radius 2 is 1.64 bits per heavy atom. The molecule has 1 aromatic rings. The van der Waals surface area contributed by atoms with Gasteiger partial charge in [-0.1, -0.05) is 32.9 Å². The van der Waals surface area contributed by atoms with Crippen LogP contribution in [0.2, 0.25) is 0 Å². The minimum absolute atomic E-state index is 0.0704. The summed E-state index contributed by atoms with van der Waals surface area (Å²) in [7, 11) is 0. The summed E-state index contributed by atoms with van der Waals surface area (Å²) < 4.78 is 29.4. The van der Waals surface area contributed by atoms with Gasteiger partial charge >= 0.3 is 6.61 Å². The molecule has 1 saturated heterocycles. The van der Waals surface area contributed by atoms with Crippen molar-refractivity contribution in [2.24, 2.45) is 5.41 Å². The van der Waals surface area contributed by atoms with Gasteiger partial charge in [0.25, 0.3) is 5.91 Å². The number of rotatable bonds is 4. The van der Waals surface area contributed by atoms with E-state index in [-0.39, 0.29) is 28.5 Å². The van der Waals surface area contributed by atoms with Gasteiger partial charge in [-0.2, -0.15) is 8.78 Å². The normalized spacial score (nSPS) is 15.4. The molecule has 0 radical (unpaired) electrons. The van der Waals surface area contributed by atoms with E-state index in [2.05, 4.69) is 4.74 Å². The molecule has 1 aliphatic rings. The van der Waals surface area contributed by atoms with Gasteiger partial charge in [0, 0.05) is 32.6 Å². The van der Waals surface area contributed by atoms with Gasteiger partial charge in [-0.3, -0.25) is 9.59 Å². The molecule has 0 saturated carbocycles. The zero-order valence-corrected chi connectivity index (χ0v) is 14.8. The highest BCUT2D eigenvalue weighted by molar-refractivity contribution is 5.97. The maximum atomic E-state index is 12.6. The van der Waals surface area contributed by atoms with Crippen molar-refractivity contribution >= 4 is 11.8 Å². The number of para-hydroxylation sites is 1. The Labute approximate surface area is 146 Å². The number of piperazine rings is 1. The molecule has 1 fully saturated rings. The topological polar surface area (TPSA) is 49.9 Å². The third-order valence-corrected chi connectivity index (χ3v) is 3.93. The lowest BCUT2D eigenvalue weighted by atomic mass is 9.91. The lowest BCUT2D eigenvalue weighted by Gasteiger charge is -2.36. The number of ether oxygens (including phenoxy) is 1. The fourth-order valence-electron chi connectivity index (χ4n) is 2.74. The number of halogens is 2. The van der Waals surface area contributed by atoms with Crippen LogP contribution in [0.5, 0.6) is 5.75 Å². The summed E-state index contributed by atoms with van der Waals surface area (Å²) >= 11 is 0. The van der Waals surface area contributed by atoms with E-state index in [1.807, 2.05) is 20.8 Å². The molecule has 0 spiro atoms. The van der Waals surface area contributed by atoms with E-state index in [0.717, 1.165) is 0 Å². The highest BCUT2D eigenvalue weighted by Crippen LogP contribution is 2.23. The van der Waals surface area contributed by atoms with Crippen molar-refractivity contribution in [3.8, 4) is 5.75 Å². The van der Waals surface area contributed by atoms with Crippen LogP contribution in [0.3, 0.4) is 0 Å². The average Bonchev–Trinajstić information content (AvgIpc) is 2.53. The van der Waals surface area contributed by atoms with Crippen molar-refractivity contribution in [3.05, 3.63) is 29.8 Å². The molecule has 0 atom stereocenters.